The van der Waals surface area contributed by atoms with Crippen molar-refractivity contribution in [3.05, 3.63) is 59.9 Å². The smallest absolute Gasteiger partial charge is 0.124 e. The van der Waals surface area contributed by atoms with E-state index >= 15 is 0 Å². The van der Waals surface area contributed by atoms with Crippen LogP contribution in [-0.4, -0.2) is 5.75 Å². The van der Waals surface area contributed by atoms with Crippen LogP contribution in [0.3, 0.4) is 0 Å². The van der Waals surface area contributed by atoms with E-state index in [1.54, 1.807) is 23.9 Å². The average molecular weight is 247 g/mol. The lowest BCUT2D eigenvalue weighted by Crippen LogP contribution is -1.90. The highest BCUT2D eigenvalue weighted by Crippen LogP contribution is 2.20. The molecule has 0 bridgehead atoms. The summed E-state index contributed by atoms with van der Waals surface area (Å²) in [6.07, 6.45) is 0.960. The third kappa shape index (κ3) is 3.79. The van der Waals surface area contributed by atoms with Gasteiger partial charge in [0.05, 0.1) is 0 Å². The molecule has 0 saturated heterocycles. The van der Waals surface area contributed by atoms with E-state index in [0.717, 1.165) is 22.8 Å². The molecule has 88 valence electrons. The third-order valence-electron chi connectivity index (χ3n) is 2.44. The Morgan fingerprint density at radius 3 is 2.53 bits per heavy atom. The fourth-order valence-electron chi connectivity index (χ4n) is 1.53. The van der Waals surface area contributed by atoms with Gasteiger partial charge in [0, 0.05) is 16.3 Å². The van der Waals surface area contributed by atoms with Crippen molar-refractivity contribution in [3.8, 4) is 0 Å². The van der Waals surface area contributed by atoms with Gasteiger partial charge in [-0.1, -0.05) is 18.2 Å². The van der Waals surface area contributed by atoms with Gasteiger partial charge in [-0.15, -0.1) is 11.8 Å². The number of nitrogens with two attached hydrogens (primary N) is 1. The fourth-order valence-corrected chi connectivity index (χ4v) is 2.47. The first-order valence-electron chi connectivity index (χ1n) is 5.47. The monoisotopic (exact) mass is 247 g/mol. The molecule has 0 atom stereocenters. The minimum Gasteiger partial charge on any atom is -0.399 e. The number of hydrogen-bond acceptors (Lipinski definition) is 2. The summed E-state index contributed by atoms with van der Waals surface area (Å²) in [6.45, 7) is 0. The molecule has 0 aromatic heterocycles. The average Bonchev–Trinajstić information content (AvgIpc) is 2.32. The van der Waals surface area contributed by atoms with Gasteiger partial charge in [-0.05, 0) is 42.3 Å². The highest BCUT2D eigenvalue weighted by Gasteiger charge is 1.97. The van der Waals surface area contributed by atoms with Gasteiger partial charge in [-0.2, -0.15) is 0 Å². The number of rotatable bonds is 4. The second-order valence-corrected chi connectivity index (χ2v) is 4.97. The standard InChI is InChI=1S/C14H14FNS/c15-12-2-1-3-14(10-12)17-9-8-11-4-6-13(16)7-5-11/h1-7,10H,8-9,16H2. The van der Waals surface area contributed by atoms with Gasteiger partial charge in [0.1, 0.15) is 5.82 Å². The number of anilines is 1. The number of benzene rings is 2. The Balaban J connectivity index is 1.85. The van der Waals surface area contributed by atoms with Crippen LogP contribution in [0.4, 0.5) is 10.1 Å². The van der Waals surface area contributed by atoms with Crippen molar-refractivity contribution in [2.24, 2.45) is 0 Å². The first kappa shape index (κ1) is 12.0. The molecule has 0 radical (unpaired) electrons. The Bertz CT molecular complexity index is 482. The summed E-state index contributed by atoms with van der Waals surface area (Å²) in [5.41, 5.74) is 7.65. The Kier molecular flexibility index (Phi) is 4.04. The van der Waals surface area contributed by atoms with Crippen LogP contribution >= 0.6 is 11.8 Å². The zero-order chi connectivity index (χ0) is 12.1. The number of hydrogen-bond donors (Lipinski definition) is 1. The Labute approximate surface area is 105 Å². The van der Waals surface area contributed by atoms with Crippen LogP contribution < -0.4 is 5.73 Å². The topological polar surface area (TPSA) is 26.0 Å². The van der Waals surface area contributed by atoms with Crippen LogP contribution in [0.25, 0.3) is 0 Å². The van der Waals surface area contributed by atoms with Gasteiger partial charge < -0.3 is 5.73 Å². The summed E-state index contributed by atoms with van der Waals surface area (Å²) in [5, 5.41) is 0. The second-order valence-electron chi connectivity index (χ2n) is 3.80. The SMILES string of the molecule is Nc1ccc(CCSc2cccc(F)c2)cc1. The van der Waals surface area contributed by atoms with Gasteiger partial charge in [0.25, 0.3) is 0 Å². The zero-order valence-electron chi connectivity index (χ0n) is 9.40. The van der Waals surface area contributed by atoms with Crippen molar-refractivity contribution in [2.45, 2.75) is 11.3 Å². The number of nitrogen functional groups attached to an aromatic ring is 1. The Morgan fingerprint density at radius 1 is 1.06 bits per heavy atom. The summed E-state index contributed by atoms with van der Waals surface area (Å²) in [5.74, 6) is 0.760. The predicted molar refractivity (Wildman–Crippen MR) is 71.7 cm³/mol. The molecule has 0 aliphatic rings. The van der Waals surface area contributed by atoms with Gasteiger partial charge >= 0.3 is 0 Å². The highest BCUT2D eigenvalue weighted by atomic mass is 32.2. The Hall–Kier alpha value is -1.48. The molecule has 2 N–H and O–H groups in total. The maximum Gasteiger partial charge on any atom is 0.124 e. The molecule has 0 saturated carbocycles. The van der Waals surface area contributed by atoms with Crippen LogP contribution in [0, 0.1) is 5.82 Å². The summed E-state index contributed by atoms with van der Waals surface area (Å²) in [6, 6.07) is 14.6. The minimum atomic E-state index is -0.178. The van der Waals surface area contributed by atoms with Crippen LogP contribution in [0.1, 0.15) is 5.56 Å². The second kappa shape index (κ2) is 5.73. The lowest BCUT2D eigenvalue weighted by atomic mass is 10.2. The quantitative estimate of drug-likeness (QED) is 0.658. The van der Waals surface area contributed by atoms with Crippen molar-refractivity contribution in [1.82, 2.24) is 0 Å². The van der Waals surface area contributed by atoms with Crippen molar-refractivity contribution in [2.75, 3.05) is 11.5 Å². The van der Waals surface area contributed by atoms with E-state index in [-0.39, 0.29) is 5.82 Å². The minimum absolute atomic E-state index is 0.178. The van der Waals surface area contributed by atoms with Crippen molar-refractivity contribution in [3.63, 3.8) is 0 Å². The summed E-state index contributed by atoms with van der Waals surface area (Å²) < 4.78 is 12.9. The van der Waals surface area contributed by atoms with Crippen LogP contribution in [0.15, 0.2) is 53.4 Å². The fraction of sp³-hybridized carbons (Fsp3) is 0.143. The van der Waals surface area contributed by atoms with Crippen molar-refractivity contribution in [1.29, 1.82) is 0 Å². The van der Waals surface area contributed by atoms with E-state index in [1.807, 2.05) is 30.3 Å². The molecule has 2 rings (SSSR count). The Morgan fingerprint density at radius 2 is 1.82 bits per heavy atom. The normalized spacial score (nSPS) is 10.4. The molecule has 17 heavy (non-hydrogen) atoms. The molecule has 1 nitrogen and oxygen atoms in total. The lowest BCUT2D eigenvalue weighted by Gasteiger charge is -2.03. The van der Waals surface area contributed by atoms with Crippen molar-refractivity contribution < 1.29 is 4.39 Å². The van der Waals surface area contributed by atoms with Gasteiger partial charge in [-0.3, -0.25) is 0 Å². The van der Waals surface area contributed by atoms with E-state index in [1.165, 1.54) is 11.6 Å². The van der Waals surface area contributed by atoms with E-state index in [4.69, 9.17) is 5.73 Å². The molecule has 0 fully saturated rings. The van der Waals surface area contributed by atoms with Crippen LogP contribution in [0.5, 0.6) is 0 Å². The molecular weight excluding hydrogens is 233 g/mol. The van der Waals surface area contributed by atoms with Gasteiger partial charge in [-0.25, -0.2) is 4.39 Å². The molecule has 0 spiro atoms. The molecule has 2 aromatic rings. The molecule has 0 heterocycles. The summed E-state index contributed by atoms with van der Waals surface area (Å²) >= 11 is 1.66. The van der Waals surface area contributed by atoms with E-state index in [9.17, 15) is 4.39 Å². The summed E-state index contributed by atoms with van der Waals surface area (Å²) in [7, 11) is 0. The van der Waals surface area contributed by atoms with Gasteiger partial charge in [0.15, 0.2) is 0 Å². The maximum absolute atomic E-state index is 12.9. The van der Waals surface area contributed by atoms with Crippen LogP contribution in [0.2, 0.25) is 0 Å². The van der Waals surface area contributed by atoms with E-state index in [0.29, 0.717) is 0 Å². The molecular formula is C14H14FNS. The molecule has 0 amide bonds. The predicted octanol–water partition coefficient (Wildman–Crippen LogP) is 3.74. The lowest BCUT2D eigenvalue weighted by molar-refractivity contribution is 0.624. The van der Waals surface area contributed by atoms with E-state index in [2.05, 4.69) is 0 Å². The van der Waals surface area contributed by atoms with E-state index < -0.39 is 0 Å². The number of thioether (sulfide) groups is 1. The molecule has 0 aliphatic heterocycles. The highest BCUT2D eigenvalue weighted by molar-refractivity contribution is 7.99. The van der Waals surface area contributed by atoms with Crippen LogP contribution in [-0.2, 0) is 6.42 Å². The zero-order valence-corrected chi connectivity index (χ0v) is 10.2. The number of halogens is 1. The largest absolute Gasteiger partial charge is 0.399 e. The first-order valence-corrected chi connectivity index (χ1v) is 6.45. The summed E-state index contributed by atoms with van der Waals surface area (Å²) in [4.78, 5) is 0.973. The molecule has 3 heteroatoms. The maximum atomic E-state index is 12.9. The third-order valence-corrected chi connectivity index (χ3v) is 3.43. The van der Waals surface area contributed by atoms with Gasteiger partial charge in [0.2, 0.25) is 0 Å². The molecule has 0 aliphatic carbocycles. The van der Waals surface area contributed by atoms with Crippen molar-refractivity contribution >= 4 is 17.4 Å². The molecule has 0 unspecified atom stereocenters. The first-order chi connectivity index (χ1) is 8.24. The molecule has 2 aromatic carbocycles. The number of aryl methyl sites for hydroxylation is 1.